The minimum absolute atomic E-state index is 0.149. The number of carbonyl (C=O) groups excluding carboxylic acids is 1. The van der Waals surface area contributed by atoms with Gasteiger partial charge < -0.3 is 21.3 Å². The number of anilines is 2. The SMILES string of the molecule is CCc1cccc(C(C)C)c1NC(=O)NCC1(Nc2ccccc2-c2ccccc2)CCNCC1. The fourth-order valence-corrected chi connectivity index (χ4v) is 4.95. The van der Waals surface area contributed by atoms with Crippen molar-refractivity contribution in [2.75, 3.05) is 30.3 Å². The van der Waals surface area contributed by atoms with Crippen molar-refractivity contribution in [3.8, 4) is 11.1 Å². The van der Waals surface area contributed by atoms with Gasteiger partial charge >= 0.3 is 6.03 Å². The average Bonchev–Trinajstić information content (AvgIpc) is 2.89. The molecule has 0 spiro atoms. The van der Waals surface area contributed by atoms with Crippen LogP contribution in [0.4, 0.5) is 16.2 Å². The topological polar surface area (TPSA) is 65.2 Å². The molecule has 4 rings (SSSR count). The Hall–Kier alpha value is -3.31. The van der Waals surface area contributed by atoms with Gasteiger partial charge in [0.25, 0.3) is 0 Å². The van der Waals surface area contributed by atoms with Crippen molar-refractivity contribution < 1.29 is 4.79 Å². The second-order valence-electron chi connectivity index (χ2n) is 9.76. The Balaban J connectivity index is 1.52. The van der Waals surface area contributed by atoms with Gasteiger partial charge in [0.1, 0.15) is 0 Å². The molecular formula is C30H38N4O. The van der Waals surface area contributed by atoms with Crippen molar-refractivity contribution in [3.63, 3.8) is 0 Å². The molecule has 3 aromatic rings. The number of hydrogen-bond donors (Lipinski definition) is 4. The van der Waals surface area contributed by atoms with E-state index in [1.807, 2.05) is 6.07 Å². The normalized spacial score (nSPS) is 15.0. The van der Waals surface area contributed by atoms with Gasteiger partial charge in [-0.2, -0.15) is 0 Å². The number of rotatable bonds is 8. The molecule has 0 atom stereocenters. The predicted octanol–water partition coefficient (Wildman–Crippen LogP) is 6.40. The quantitative estimate of drug-likeness (QED) is 0.308. The van der Waals surface area contributed by atoms with Gasteiger partial charge in [-0.15, -0.1) is 0 Å². The zero-order valence-corrected chi connectivity index (χ0v) is 21.2. The lowest BCUT2D eigenvalue weighted by Crippen LogP contribution is -2.55. The van der Waals surface area contributed by atoms with Gasteiger partial charge in [0.15, 0.2) is 0 Å². The van der Waals surface area contributed by atoms with Gasteiger partial charge in [-0.1, -0.05) is 87.5 Å². The molecule has 2 amide bonds. The maximum Gasteiger partial charge on any atom is 0.319 e. The molecule has 184 valence electrons. The molecule has 1 fully saturated rings. The maximum absolute atomic E-state index is 13.1. The third-order valence-corrected chi connectivity index (χ3v) is 6.98. The first kappa shape index (κ1) is 24.8. The minimum atomic E-state index is -0.224. The summed E-state index contributed by atoms with van der Waals surface area (Å²) < 4.78 is 0. The van der Waals surface area contributed by atoms with Crippen LogP contribution < -0.4 is 21.3 Å². The van der Waals surface area contributed by atoms with Crippen LogP contribution in [-0.2, 0) is 6.42 Å². The lowest BCUT2D eigenvalue weighted by molar-refractivity contribution is 0.246. The van der Waals surface area contributed by atoms with Crippen molar-refractivity contribution in [2.24, 2.45) is 0 Å². The Kier molecular flexibility index (Phi) is 8.09. The monoisotopic (exact) mass is 470 g/mol. The van der Waals surface area contributed by atoms with E-state index in [0.717, 1.165) is 49.3 Å². The number of aryl methyl sites for hydroxylation is 1. The summed E-state index contributed by atoms with van der Waals surface area (Å²) in [5.74, 6) is 0.337. The summed E-state index contributed by atoms with van der Waals surface area (Å²) in [6.45, 7) is 8.83. The summed E-state index contributed by atoms with van der Waals surface area (Å²) in [6.07, 6.45) is 2.74. The largest absolute Gasteiger partial charge is 0.377 e. The van der Waals surface area contributed by atoms with E-state index in [1.165, 1.54) is 16.7 Å². The van der Waals surface area contributed by atoms with Crippen molar-refractivity contribution in [3.05, 3.63) is 83.9 Å². The van der Waals surface area contributed by atoms with Gasteiger partial charge in [0.05, 0.1) is 5.54 Å². The number of urea groups is 1. The van der Waals surface area contributed by atoms with Crippen molar-refractivity contribution >= 4 is 17.4 Å². The van der Waals surface area contributed by atoms with E-state index in [4.69, 9.17) is 0 Å². The summed E-state index contributed by atoms with van der Waals surface area (Å²) in [5.41, 5.74) is 6.52. The first-order chi connectivity index (χ1) is 17.0. The summed E-state index contributed by atoms with van der Waals surface area (Å²) in [7, 11) is 0. The molecule has 0 saturated carbocycles. The molecule has 0 aromatic heterocycles. The first-order valence-corrected chi connectivity index (χ1v) is 12.8. The zero-order valence-electron chi connectivity index (χ0n) is 21.2. The van der Waals surface area contributed by atoms with Gasteiger partial charge in [-0.05, 0) is 61.0 Å². The fraction of sp³-hybridized carbons (Fsp3) is 0.367. The number of hydrogen-bond acceptors (Lipinski definition) is 3. The molecule has 0 aliphatic carbocycles. The molecule has 4 N–H and O–H groups in total. The van der Waals surface area contributed by atoms with Crippen LogP contribution in [0, 0.1) is 0 Å². The zero-order chi connectivity index (χ0) is 24.7. The van der Waals surface area contributed by atoms with Gasteiger partial charge in [-0.25, -0.2) is 4.79 Å². The molecule has 35 heavy (non-hydrogen) atoms. The van der Waals surface area contributed by atoms with Gasteiger partial charge in [0.2, 0.25) is 0 Å². The highest BCUT2D eigenvalue weighted by Gasteiger charge is 2.33. The predicted molar refractivity (Wildman–Crippen MR) is 147 cm³/mol. The molecule has 1 saturated heterocycles. The molecule has 0 radical (unpaired) electrons. The summed E-state index contributed by atoms with van der Waals surface area (Å²) in [5, 5.41) is 13.7. The van der Waals surface area contributed by atoms with Crippen molar-refractivity contribution in [1.82, 2.24) is 10.6 Å². The number of piperidine rings is 1. The highest BCUT2D eigenvalue weighted by Crippen LogP contribution is 2.33. The van der Waals surface area contributed by atoms with Crippen LogP contribution in [0.15, 0.2) is 72.8 Å². The number of carbonyl (C=O) groups is 1. The molecule has 1 aliphatic heterocycles. The highest BCUT2D eigenvalue weighted by molar-refractivity contribution is 5.91. The Labute approximate surface area is 209 Å². The maximum atomic E-state index is 13.1. The third kappa shape index (κ3) is 6.04. The lowest BCUT2D eigenvalue weighted by atomic mass is 9.87. The molecule has 3 aromatic carbocycles. The molecule has 1 heterocycles. The molecule has 1 aliphatic rings. The summed E-state index contributed by atoms with van der Waals surface area (Å²) in [6, 6.07) is 25.0. The Morgan fingerprint density at radius 1 is 0.943 bits per heavy atom. The van der Waals surface area contributed by atoms with Crippen LogP contribution in [0.2, 0.25) is 0 Å². The van der Waals surface area contributed by atoms with Gasteiger partial charge in [-0.3, -0.25) is 0 Å². The van der Waals surface area contributed by atoms with Crippen LogP contribution in [-0.4, -0.2) is 31.2 Å². The highest BCUT2D eigenvalue weighted by atomic mass is 16.2. The van der Waals surface area contributed by atoms with Crippen LogP contribution in [0.5, 0.6) is 0 Å². The fourth-order valence-electron chi connectivity index (χ4n) is 4.95. The Bertz CT molecular complexity index is 1120. The molecule has 0 unspecified atom stereocenters. The lowest BCUT2D eigenvalue weighted by Gasteiger charge is -2.40. The second-order valence-corrected chi connectivity index (χ2v) is 9.76. The number of benzene rings is 3. The van der Waals surface area contributed by atoms with E-state index in [2.05, 4.69) is 109 Å². The molecular weight excluding hydrogens is 432 g/mol. The number of para-hydroxylation sites is 2. The second kappa shape index (κ2) is 11.4. The Morgan fingerprint density at radius 3 is 2.37 bits per heavy atom. The van der Waals surface area contributed by atoms with Crippen molar-refractivity contribution in [1.29, 1.82) is 0 Å². The van der Waals surface area contributed by atoms with E-state index >= 15 is 0 Å². The molecule has 5 nitrogen and oxygen atoms in total. The Morgan fingerprint density at radius 2 is 1.66 bits per heavy atom. The van der Waals surface area contributed by atoms with E-state index in [0.29, 0.717) is 12.5 Å². The molecule has 0 bridgehead atoms. The van der Waals surface area contributed by atoms with Crippen LogP contribution in [0.1, 0.15) is 50.7 Å². The average molecular weight is 471 g/mol. The number of amides is 2. The number of nitrogens with one attached hydrogen (secondary N) is 4. The van der Waals surface area contributed by atoms with E-state index in [9.17, 15) is 4.79 Å². The minimum Gasteiger partial charge on any atom is -0.377 e. The summed E-state index contributed by atoms with van der Waals surface area (Å²) in [4.78, 5) is 13.1. The standard InChI is InChI=1S/C30H38N4O/c1-4-23-13-10-15-25(22(2)3)28(23)33-29(35)32-21-30(17-19-31-20-18-30)34-27-16-9-8-14-26(27)24-11-6-5-7-12-24/h5-16,22,31,34H,4,17-21H2,1-3H3,(H2,32,33,35). The van der Waals surface area contributed by atoms with Gasteiger partial charge in [0, 0.05) is 23.5 Å². The van der Waals surface area contributed by atoms with E-state index in [1.54, 1.807) is 0 Å². The van der Waals surface area contributed by atoms with E-state index < -0.39 is 0 Å². The molecule has 5 heteroatoms. The van der Waals surface area contributed by atoms with Crippen LogP contribution in [0.25, 0.3) is 11.1 Å². The van der Waals surface area contributed by atoms with Crippen LogP contribution >= 0.6 is 0 Å². The third-order valence-electron chi connectivity index (χ3n) is 6.98. The smallest absolute Gasteiger partial charge is 0.319 e. The first-order valence-electron chi connectivity index (χ1n) is 12.8. The summed E-state index contributed by atoms with van der Waals surface area (Å²) >= 11 is 0. The van der Waals surface area contributed by atoms with Crippen molar-refractivity contribution in [2.45, 2.75) is 51.5 Å². The van der Waals surface area contributed by atoms with E-state index in [-0.39, 0.29) is 11.6 Å². The van der Waals surface area contributed by atoms with Crippen LogP contribution in [0.3, 0.4) is 0 Å².